The molecule has 1 aliphatic carbocycles. The van der Waals surface area contributed by atoms with E-state index in [1.807, 2.05) is 6.07 Å². The monoisotopic (exact) mass is 346 g/mol. The van der Waals surface area contributed by atoms with Crippen LogP contribution in [-0.2, 0) is 11.8 Å². The number of hydrogen-bond acceptors (Lipinski definition) is 1. The molecule has 3 nitrogen and oxygen atoms in total. The van der Waals surface area contributed by atoms with Crippen LogP contribution in [0.4, 0.5) is 0 Å². The molecule has 0 bridgehead atoms. The zero-order valence-electron chi connectivity index (χ0n) is 15.5. The molecular formula is C23H26N2O. The van der Waals surface area contributed by atoms with E-state index in [2.05, 4.69) is 72.4 Å². The van der Waals surface area contributed by atoms with E-state index in [9.17, 15) is 4.79 Å². The van der Waals surface area contributed by atoms with Crippen molar-refractivity contribution in [3.8, 4) is 11.3 Å². The van der Waals surface area contributed by atoms with Gasteiger partial charge in [-0.1, -0.05) is 61.9 Å². The van der Waals surface area contributed by atoms with Crippen LogP contribution in [0.5, 0.6) is 0 Å². The Morgan fingerprint density at radius 2 is 1.81 bits per heavy atom. The largest absolute Gasteiger partial charge is 0.355 e. The van der Waals surface area contributed by atoms with Crippen LogP contribution in [0.3, 0.4) is 0 Å². The van der Waals surface area contributed by atoms with Gasteiger partial charge in [0.2, 0.25) is 5.91 Å². The lowest BCUT2D eigenvalue weighted by Gasteiger charge is -2.25. The van der Waals surface area contributed by atoms with Crippen LogP contribution < -0.4 is 5.32 Å². The summed E-state index contributed by atoms with van der Waals surface area (Å²) < 4.78 is 2.28. The number of benzene rings is 2. The van der Waals surface area contributed by atoms with Crippen molar-refractivity contribution < 1.29 is 4.79 Å². The van der Waals surface area contributed by atoms with Crippen molar-refractivity contribution in [2.24, 2.45) is 13.0 Å². The predicted octanol–water partition coefficient (Wildman–Crippen LogP) is 4.87. The number of carbonyl (C=O) groups is 1. The molecule has 0 aliphatic heterocycles. The van der Waals surface area contributed by atoms with Crippen molar-refractivity contribution in [1.29, 1.82) is 0 Å². The van der Waals surface area contributed by atoms with Crippen molar-refractivity contribution in [2.75, 3.05) is 6.54 Å². The minimum absolute atomic E-state index is 0.226. The summed E-state index contributed by atoms with van der Waals surface area (Å²) in [7, 11) is 2.13. The Kier molecular flexibility index (Phi) is 4.54. The predicted molar refractivity (Wildman–Crippen MR) is 107 cm³/mol. The van der Waals surface area contributed by atoms with Crippen LogP contribution >= 0.6 is 0 Å². The highest BCUT2D eigenvalue weighted by Gasteiger charge is 2.26. The fraction of sp³-hybridized carbons (Fsp3) is 0.348. The van der Waals surface area contributed by atoms with Crippen LogP contribution in [-0.4, -0.2) is 17.0 Å². The zero-order chi connectivity index (χ0) is 18.1. The lowest BCUT2D eigenvalue weighted by molar-refractivity contribution is -0.127. The number of hydrogen-bond donors (Lipinski definition) is 1. The van der Waals surface area contributed by atoms with Gasteiger partial charge in [0.25, 0.3) is 0 Å². The summed E-state index contributed by atoms with van der Waals surface area (Å²) in [5.74, 6) is 0.716. The Bertz CT molecular complexity index is 922. The molecule has 26 heavy (non-hydrogen) atoms. The fourth-order valence-electron chi connectivity index (χ4n) is 4.04. The van der Waals surface area contributed by atoms with Crippen LogP contribution in [0.15, 0.2) is 54.6 Å². The third kappa shape index (κ3) is 2.92. The number of fused-ring (bicyclic) bond motifs is 1. The Labute approximate surface area is 155 Å². The van der Waals surface area contributed by atoms with Gasteiger partial charge in [0.15, 0.2) is 0 Å². The van der Waals surface area contributed by atoms with E-state index in [0.29, 0.717) is 6.54 Å². The SMILES string of the molecule is CC(CNC(=O)C1CCC1)c1c(-c2ccccc2)n(C)c2ccccc12. The molecule has 1 heterocycles. The maximum atomic E-state index is 12.3. The van der Waals surface area contributed by atoms with Crippen molar-refractivity contribution in [3.05, 3.63) is 60.2 Å². The van der Waals surface area contributed by atoms with Crippen LogP contribution in [0.25, 0.3) is 22.2 Å². The molecule has 3 aromatic rings. The molecule has 1 aromatic heterocycles. The Morgan fingerprint density at radius 1 is 1.12 bits per heavy atom. The van der Waals surface area contributed by atoms with E-state index in [1.165, 1.54) is 34.1 Å². The second-order valence-corrected chi connectivity index (χ2v) is 7.48. The summed E-state index contributed by atoms with van der Waals surface area (Å²) in [5.41, 5.74) is 5.03. The zero-order valence-corrected chi connectivity index (χ0v) is 15.5. The number of aromatic nitrogens is 1. The molecule has 3 heteroatoms. The number of nitrogens with zero attached hydrogens (tertiary/aromatic N) is 1. The highest BCUT2D eigenvalue weighted by molar-refractivity contribution is 5.92. The second kappa shape index (κ2) is 6.99. The highest BCUT2D eigenvalue weighted by atomic mass is 16.1. The Hall–Kier alpha value is -2.55. The molecule has 1 fully saturated rings. The van der Waals surface area contributed by atoms with E-state index >= 15 is 0 Å². The second-order valence-electron chi connectivity index (χ2n) is 7.48. The van der Waals surface area contributed by atoms with Gasteiger partial charge in [-0.05, 0) is 30.0 Å². The average Bonchev–Trinajstić information content (AvgIpc) is 2.92. The third-order valence-corrected chi connectivity index (χ3v) is 5.74. The molecule has 1 atom stereocenters. The van der Waals surface area contributed by atoms with Gasteiger partial charge in [0.1, 0.15) is 0 Å². The smallest absolute Gasteiger partial charge is 0.223 e. The molecule has 2 aromatic carbocycles. The van der Waals surface area contributed by atoms with Gasteiger partial charge < -0.3 is 9.88 Å². The van der Waals surface area contributed by atoms with Crippen molar-refractivity contribution in [2.45, 2.75) is 32.1 Å². The van der Waals surface area contributed by atoms with Gasteiger partial charge in [-0.15, -0.1) is 0 Å². The van der Waals surface area contributed by atoms with Gasteiger partial charge >= 0.3 is 0 Å². The average molecular weight is 346 g/mol. The molecule has 1 saturated carbocycles. The molecule has 1 N–H and O–H groups in total. The number of carbonyl (C=O) groups excluding carboxylic acids is 1. The summed E-state index contributed by atoms with van der Waals surface area (Å²) in [6.45, 7) is 2.90. The summed E-state index contributed by atoms with van der Waals surface area (Å²) in [6.07, 6.45) is 3.28. The van der Waals surface area contributed by atoms with Crippen LogP contribution in [0.2, 0.25) is 0 Å². The first-order valence-corrected chi connectivity index (χ1v) is 9.57. The Balaban J connectivity index is 1.71. The van der Waals surface area contributed by atoms with Crippen molar-refractivity contribution >= 4 is 16.8 Å². The van der Waals surface area contributed by atoms with Crippen LogP contribution in [0.1, 0.15) is 37.7 Å². The summed E-state index contributed by atoms with van der Waals surface area (Å²) in [5, 5.41) is 4.46. The topological polar surface area (TPSA) is 34.0 Å². The lowest BCUT2D eigenvalue weighted by Crippen LogP contribution is -2.36. The summed E-state index contributed by atoms with van der Waals surface area (Å²) >= 11 is 0. The van der Waals surface area contributed by atoms with E-state index in [-0.39, 0.29) is 17.7 Å². The van der Waals surface area contributed by atoms with Gasteiger partial charge in [-0.3, -0.25) is 4.79 Å². The first kappa shape index (κ1) is 16.9. The molecule has 1 unspecified atom stereocenters. The van der Waals surface area contributed by atoms with Crippen molar-refractivity contribution in [1.82, 2.24) is 9.88 Å². The number of para-hydroxylation sites is 1. The van der Waals surface area contributed by atoms with E-state index in [1.54, 1.807) is 0 Å². The minimum atomic E-state index is 0.226. The van der Waals surface area contributed by atoms with Gasteiger partial charge in [0, 0.05) is 36.3 Å². The first-order valence-electron chi connectivity index (χ1n) is 9.57. The fourth-order valence-corrected chi connectivity index (χ4v) is 4.04. The molecule has 4 rings (SSSR count). The maximum absolute atomic E-state index is 12.3. The van der Waals surface area contributed by atoms with E-state index < -0.39 is 0 Å². The Morgan fingerprint density at radius 3 is 2.50 bits per heavy atom. The normalized spacial score (nSPS) is 15.6. The summed E-state index contributed by atoms with van der Waals surface area (Å²) in [4.78, 5) is 12.3. The lowest BCUT2D eigenvalue weighted by atomic mass is 9.84. The summed E-state index contributed by atoms with van der Waals surface area (Å²) in [6, 6.07) is 19.1. The molecule has 1 amide bonds. The van der Waals surface area contributed by atoms with Gasteiger partial charge in [0.05, 0.1) is 5.69 Å². The van der Waals surface area contributed by atoms with E-state index in [4.69, 9.17) is 0 Å². The first-order chi connectivity index (χ1) is 12.7. The quantitative estimate of drug-likeness (QED) is 0.703. The van der Waals surface area contributed by atoms with Gasteiger partial charge in [-0.2, -0.15) is 0 Å². The molecule has 1 aliphatic rings. The number of nitrogens with one attached hydrogen (secondary N) is 1. The van der Waals surface area contributed by atoms with Crippen LogP contribution in [0, 0.1) is 5.92 Å². The third-order valence-electron chi connectivity index (χ3n) is 5.74. The minimum Gasteiger partial charge on any atom is -0.355 e. The van der Waals surface area contributed by atoms with Crippen molar-refractivity contribution in [3.63, 3.8) is 0 Å². The number of amides is 1. The number of rotatable bonds is 5. The standard InChI is InChI=1S/C23H26N2O/c1-16(15-24-23(26)18-11-8-12-18)21-19-13-6-7-14-20(19)25(2)22(21)17-9-4-3-5-10-17/h3-7,9-10,13-14,16,18H,8,11-12,15H2,1-2H3,(H,24,26). The molecule has 0 spiro atoms. The maximum Gasteiger partial charge on any atom is 0.223 e. The van der Waals surface area contributed by atoms with Gasteiger partial charge in [-0.25, -0.2) is 0 Å². The molecule has 0 radical (unpaired) electrons. The van der Waals surface area contributed by atoms with E-state index in [0.717, 1.165) is 12.8 Å². The molecular weight excluding hydrogens is 320 g/mol. The highest BCUT2D eigenvalue weighted by Crippen LogP contribution is 2.37. The number of aryl methyl sites for hydroxylation is 1. The molecule has 0 saturated heterocycles. The molecule has 134 valence electrons.